The number of carboxylic acid groups (broad SMARTS) is 1. The number of carboxylic acids is 1. The first-order chi connectivity index (χ1) is 4.48. The zero-order valence-electron chi connectivity index (χ0n) is 5.58. The molecule has 0 saturated carbocycles. The lowest BCUT2D eigenvalue weighted by Gasteiger charge is -2.18. The average molecular weight is 147 g/mol. The minimum Gasteiger partial charge on any atom is -0.481 e. The zero-order valence-corrected chi connectivity index (χ0v) is 5.58. The first-order valence-corrected chi connectivity index (χ1v) is 2.88. The lowest BCUT2D eigenvalue weighted by atomic mass is 9.99. The van der Waals surface area contributed by atoms with Crippen LogP contribution in [0.4, 0.5) is 0 Å². The van der Waals surface area contributed by atoms with Crippen LogP contribution in [0, 0.1) is 6.92 Å². The van der Waals surface area contributed by atoms with E-state index in [1.54, 1.807) is 0 Å². The molecule has 3 N–H and O–H groups in total. The largest absolute Gasteiger partial charge is 0.481 e. The highest BCUT2D eigenvalue weighted by molar-refractivity contribution is 5.68. The predicted octanol–water partition coefficient (Wildman–Crippen LogP) is -0.591. The molecule has 1 unspecified atom stereocenters. The SMILES string of the molecule is [CH2]C(O)(CCO)CC(=O)O. The number of carbonyl (C=O) groups is 1. The Labute approximate surface area is 59.1 Å². The number of rotatable bonds is 4. The molecule has 0 aliphatic rings. The molecular formula is C6H11O4. The van der Waals surface area contributed by atoms with Crippen LogP contribution in [0.5, 0.6) is 0 Å². The number of hydrogen-bond acceptors (Lipinski definition) is 3. The van der Waals surface area contributed by atoms with Crippen LogP contribution in [0.1, 0.15) is 12.8 Å². The molecule has 10 heavy (non-hydrogen) atoms. The van der Waals surface area contributed by atoms with Crippen LogP contribution >= 0.6 is 0 Å². The molecule has 0 amide bonds. The minimum atomic E-state index is -1.53. The first-order valence-electron chi connectivity index (χ1n) is 2.88. The maximum Gasteiger partial charge on any atom is 0.306 e. The van der Waals surface area contributed by atoms with Gasteiger partial charge in [-0.15, -0.1) is 0 Å². The Morgan fingerprint density at radius 2 is 2.10 bits per heavy atom. The molecule has 0 aromatic heterocycles. The van der Waals surface area contributed by atoms with E-state index >= 15 is 0 Å². The molecule has 0 aliphatic carbocycles. The maximum atomic E-state index is 10.0. The van der Waals surface area contributed by atoms with E-state index in [0.717, 1.165) is 0 Å². The van der Waals surface area contributed by atoms with Crippen molar-refractivity contribution in [2.45, 2.75) is 18.4 Å². The molecule has 0 rings (SSSR count). The number of aliphatic carboxylic acids is 1. The number of hydrogen-bond donors (Lipinski definition) is 3. The summed E-state index contributed by atoms with van der Waals surface area (Å²) in [5.41, 5.74) is -1.53. The monoisotopic (exact) mass is 147 g/mol. The summed E-state index contributed by atoms with van der Waals surface area (Å²) >= 11 is 0. The van der Waals surface area contributed by atoms with Gasteiger partial charge < -0.3 is 15.3 Å². The van der Waals surface area contributed by atoms with E-state index in [9.17, 15) is 4.79 Å². The van der Waals surface area contributed by atoms with Crippen molar-refractivity contribution in [3.05, 3.63) is 6.92 Å². The van der Waals surface area contributed by atoms with E-state index in [2.05, 4.69) is 6.92 Å². The summed E-state index contributed by atoms with van der Waals surface area (Å²) in [6.07, 6.45) is -0.452. The number of aliphatic hydroxyl groups excluding tert-OH is 1. The fraction of sp³-hybridized carbons (Fsp3) is 0.667. The van der Waals surface area contributed by atoms with Crippen molar-refractivity contribution in [3.8, 4) is 0 Å². The van der Waals surface area contributed by atoms with Gasteiger partial charge in [-0.05, 0) is 13.3 Å². The second kappa shape index (κ2) is 3.53. The van der Waals surface area contributed by atoms with Crippen LogP contribution in [0.15, 0.2) is 0 Å². The smallest absolute Gasteiger partial charge is 0.306 e. The fourth-order valence-electron chi connectivity index (χ4n) is 0.578. The third kappa shape index (κ3) is 4.29. The Balaban J connectivity index is 3.74. The van der Waals surface area contributed by atoms with Crippen LogP contribution in [0.3, 0.4) is 0 Å². The third-order valence-electron chi connectivity index (χ3n) is 1.06. The highest BCUT2D eigenvalue weighted by Crippen LogP contribution is 2.12. The van der Waals surface area contributed by atoms with Crippen LogP contribution < -0.4 is 0 Å². The summed E-state index contributed by atoms with van der Waals surface area (Å²) in [4.78, 5) is 10.0. The molecule has 59 valence electrons. The summed E-state index contributed by atoms with van der Waals surface area (Å²) in [6.45, 7) is 2.96. The van der Waals surface area contributed by atoms with E-state index < -0.39 is 18.0 Å². The molecule has 0 bridgehead atoms. The summed E-state index contributed by atoms with van der Waals surface area (Å²) in [5.74, 6) is -1.12. The van der Waals surface area contributed by atoms with Gasteiger partial charge in [0.25, 0.3) is 0 Å². The van der Waals surface area contributed by atoms with Gasteiger partial charge in [0, 0.05) is 6.61 Å². The third-order valence-corrected chi connectivity index (χ3v) is 1.06. The van der Waals surface area contributed by atoms with Gasteiger partial charge in [-0.3, -0.25) is 4.79 Å². The molecule has 0 aromatic carbocycles. The van der Waals surface area contributed by atoms with Gasteiger partial charge in [0.15, 0.2) is 0 Å². The number of aliphatic hydroxyl groups is 2. The van der Waals surface area contributed by atoms with Gasteiger partial charge >= 0.3 is 5.97 Å². The highest BCUT2D eigenvalue weighted by atomic mass is 16.4. The van der Waals surface area contributed by atoms with Crippen molar-refractivity contribution in [3.63, 3.8) is 0 Å². The Kier molecular flexibility index (Phi) is 3.32. The molecule has 0 aromatic rings. The van der Waals surface area contributed by atoms with Crippen molar-refractivity contribution < 1.29 is 20.1 Å². The molecule has 1 atom stereocenters. The van der Waals surface area contributed by atoms with Crippen LogP contribution in [-0.2, 0) is 4.79 Å². The molecular weight excluding hydrogens is 136 g/mol. The van der Waals surface area contributed by atoms with Gasteiger partial charge in [-0.25, -0.2) is 0 Å². The lowest BCUT2D eigenvalue weighted by Crippen LogP contribution is -2.29. The summed E-state index contributed by atoms with van der Waals surface area (Å²) in [7, 11) is 0. The molecule has 0 heterocycles. The second-order valence-corrected chi connectivity index (χ2v) is 2.27. The van der Waals surface area contributed by atoms with Gasteiger partial charge in [0.2, 0.25) is 0 Å². The molecule has 0 spiro atoms. The Hall–Kier alpha value is -0.610. The quantitative estimate of drug-likeness (QED) is 0.496. The lowest BCUT2D eigenvalue weighted by molar-refractivity contribution is -0.141. The van der Waals surface area contributed by atoms with Crippen molar-refractivity contribution in [1.82, 2.24) is 0 Å². The van der Waals surface area contributed by atoms with Gasteiger partial charge in [0.05, 0.1) is 12.0 Å². The Morgan fingerprint density at radius 3 is 2.40 bits per heavy atom. The minimum absolute atomic E-state index is 0.0146. The predicted molar refractivity (Wildman–Crippen MR) is 34.3 cm³/mol. The van der Waals surface area contributed by atoms with E-state index in [1.807, 2.05) is 0 Å². The van der Waals surface area contributed by atoms with Crippen molar-refractivity contribution >= 4 is 5.97 Å². The molecule has 1 radical (unpaired) electrons. The van der Waals surface area contributed by atoms with E-state index in [0.29, 0.717) is 0 Å². The standard InChI is InChI=1S/C6H11O4/c1-6(10,2-3-7)4-5(8)9/h7,10H,1-4H2,(H,8,9). The normalized spacial score (nSPS) is 16.3. The average Bonchev–Trinajstić information content (AvgIpc) is 1.59. The Bertz CT molecular complexity index is 119. The van der Waals surface area contributed by atoms with Gasteiger partial charge in [0.1, 0.15) is 0 Å². The topological polar surface area (TPSA) is 77.8 Å². The molecule has 0 aliphatic heterocycles. The van der Waals surface area contributed by atoms with Crippen LogP contribution in [0.2, 0.25) is 0 Å². The van der Waals surface area contributed by atoms with E-state index in [-0.39, 0.29) is 13.0 Å². The summed E-state index contributed by atoms with van der Waals surface area (Å²) in [6, 6.07) is 0. The summed E-state index contributed by atoms with van der Waals surface area (Å²) < 4.78 is 0. The maximum absolute atomic E-state index is 10.0. The second-order valence-electron chi connectivity index (χ2n) is 2.27. The van der Waals surface area contributed by atoms with Crippen LogP contribution in [0.25, 0.3) is 0 Å². The van der Waals surface area contributed by atoms with Gasteiger partial charge in [-0.2, -0.15) is 0 Å². The van der Waals surface area contributed by atoms with Crippen molar-refractivity contribution in [2.75, 3.05) is 6.61 Å². The van der Waals surface area contributed by atoms with Gasteiger partial charge in [-0.1, -0.05) is 0 Å². The van der Waals surface area contributed by atoms with Crippen molar-refractivity contribution in [1.29, 1.82) is 0 Å². The van der Waals surface area contributed by atoms with Crippen molar-refractivity contribution in [2.24, 2.45) is 0 Å². The molecule has 0 saturated heterocycles. The fourth-order valence-corrected chi connectivity index (χ4v) is 0.578. The van der Waals surface area contributed by atoms with Crippen LogP contribution in [-0.4, -0.2) is 33.5 Å². The summed E-state index contributed by atoms with van der Waals surface area (Å²) in [5, 5.41) is 25.5. The van der Waals surface area contributed by atoms with E-state index in [1.165, 1.54) is 0 Å². The molecule has 4 nitrogen and oxygen atoms in total. The molecule has 0 fully saturated rings. The zero-order chi connectivity index (χ0) is 8.20. The van der Waals surface area contributed by atoms with E-state index in [4.69, 9.17) is 15.3 Å². The first kappa shape index (κ1) is 9.39. The highest BCUT2D eigenvalue weighted by Gasteiger charge is 2.23. The Morgan fingerprint density at radius 1 is 1.60 bits per heavy atom. The molecule has 4 heteroatoms.